The minimum atomic E-state index is -1.71. The van der Waals surface area contributed by atoms with Crippen LogP contribution in [0.1, 0.15) is 29.6 Å². The van der Waals surface area contributed by atoms with Crippen LogP contribution < -0.4 is 0 Å². The summed E-state index contributed by atoms with van der Waals surface area (Å²) >= 11 is 0. The van der Waals surface area contributed by atoms with Crippen LogP contribution in [-0.2, 0) is 4.74 Å². The van der Waals surface area contributed by atoms with E-state index in [0.29, 0.717) is 12.7 Å². The third kappa shape index (κ3) is 3.29. The number of nitrogens with zero attached hydrogens (tertiary/aromatic N) is 1. The molecule has 1 amide bonds. The number of benzene rings is 1. The molecule has 0 bridgehead atoms. The molecule has 1 aliphatic heterocycles. The number of hydrogen-bond donors (Lipinski definition) is 1. The van der Waals surface area contributed by atoms with E-state index in [-0.39, 0.29) is 12.6 Å². The Kier molecular flexibility index (Phi) is 4.72. The average Bonchev–Trinajstić information content (AvgIpc) is 2.49. The molecule has 7 heteroatoms. The molecule has 1 aromatic carbocycles. The van der Waals surface area contributed by atoms with E-state index in [4.69, 9.17) is 9.84 Å². The summed E-state index contributed by atoms with van der Waals surface area (Å²) < 4.78 is 45.4. The van der Waals surface area contributed by atoms with Crippen LogP contribution in [0.2, 0.25) is 0 Å². The van der Waals surface area contributed by atoms with Gasteiger partial charge in [0.1, 0.15) is 0 Å². The van der Waals surface area contributed by atoms with E-state index in [9.17, 15) is 18.0 Å². The second kappa shape index (κ2) is 6.34. The molecule has 0 radical (unpaired) electrons. The number of carbonyl (C=O) groups is 1. The highest BCUT2D eigenvalue weighted by Gasteiger charge is 2.26. The maximum Gasteiger partial charge on any atom is 0.256 e. The number of aromatic hydroxyl groups is 1. The van der Waals surface area contributed by atoms with Gasteiger partial charge < -0.3 is 14.7 Å². The molecule has 1 aliphatic rings. The molecular weight excluding hydrogens is 287 g/mol. The van der Waals surface area contributed by atoms with Crippen molar-refractivity contribution in [1.82, 2.24) is 4.90 Å². The van der Waals surface area contributed by atoms with Crippen molar-refractivity contribution >= 4 is 5.91 Å². The average molecular weight is 303 g/mol. The highest BCUT2D eigenvalue weighted by atomic mass is 19.2. The van der Waals surface area contributed by atoms with Crippen LogP contribution in [0.5, 0.6) is 5.75 Å². The topological polar surface area (TPSA) is 49.8 Å². The molecule has 1 saturated heterocycles. The van der Waals surface area contributed by atoms with Gasteiger partial charge in [0.05, 0.1) is 11.7 Å². The van der Waals surface area contributed by atoms with E-state index in [0.717, 1.165) is 19.3 Å². The second-order valence-corrected chi connectivity index (χ2v) is 5.06. The minimum absolute atomic E-state index is 0.158. The smallest absolute Gasteiger partial charge is 0.256 e. The molecule has 0 saturated carbocycles. The molecule has 1 aromatic rings. The molecule has 2 rings (SSSR count). The third-order valence-corrected chi connectivity index (χ3v) is 3.46. The fourth-order valence-corrected chi connectivity index (χ4v) is 2.29. The Morgan fingerprint density at radius 2 is 2.10 bits per heavy atom. The van der Waals surface area contributed by atoms with Gasteiger partial charge in [0.25, 0.3) is 5.91 Å². The van der Waals surface area contributed by atoms with Gasteiger partial charge in [-0.05, 0) is 25.3 Å². The normalized spacial score (nSPS) is 18.6. The van der Waals surface area contributed by atoms with Gasteiger partial charge in [0, 0.05) is 20.2 Å². The zero-order chi connectivity index (χ0) is 15.6. The van der Waals surface area contributed by atoms with E-state index in [1.165, 1.54) is 11.9 Å². The number of phenols is 1. The molecule has 1 atom stereocenters. The Hall–Kier alpha value is -1.76. The van der Waals surface area contributed by atoms with Crippen LogP contribution in [0.4, 0.5) is 13.2 Å². The Labute approximate surface area is 120 Å². The van der Waals surface area contributed by atoms with Crippen molar-refractivity contribution < 1.29 is 27.8 Å². The standard InChI is InChI=1S/C14H16F3NO3/c1-18(7-8-4-2-3-5-21-8)14(20)9-6-10(15)12(17)13(19)11(9)16/h6,8,19H,2-5,7H2,1H3. The molecule has 21 heavy (non-hydrogen) atoms. The van der Waals surface area contributed by atoms with Crippen LogP contribution in [0.25, 0.3) is 0 Å². The number of amides is 1. The third-order valence-electron chi connectivity index (χ3n) is 3.46. The molecule has 1 unspecified atom stereocenters. The molecule has 4 nitrogen and oxygen atoms in total. The van der Waals surface area contributed by atoms with E-state index >= 15 is 0 Å². The minimum Gasteiger partial charge on any atom is -0.503 e. The summed E-state index contributed by atoms with van der Waals surface area (Å²) in [5, 5.41) is 9.13. The summed E-state index contributed by atoms with van der Waals surface area (Å²) in [6.07, 6.45) is 2.56. The SMILES string of the molecule is CN(CC1CCCCO1)C(=O)c1cc(F)c(F)c(O)c1F. The predicted octanol–water partition coefficient (Wildman–Crippen LogP) is 2.45. The van der Waals surface area contributed by atoms with Gasteiger partial charge in [0.2, 0.25) is 5.82 Å². The van der Waals surface area contributed by atoms with Crippen LogP contribution >= 0.6 is 0 Å². The van der Waals surface area contributed by atoms with Crippen LogP contribution in [0.3, 0.4) is 0 Å². The number of phenolic OH excluding ortho intramolecular Hbond substituents is 1. The summed E-state index contributed by atoms with van der Waals surface area (Å²) in [6.45, 7) is 0.824. The number of hydrogen-bond acceptors (Lipinski definition) is 3. The number of ether oxygens (including phenoxy) is 1. The first kappa shape index (κ1) is 15.6. The molecular formula is C14H16F3NO3. The first-order valence-corrected chi connectivity index (χ1v) is 6.65. The number of halogens is 3. The van der Waals surface area contributed by atoms with Crippen LogP contribution in [-0.4, -0.2) is 42.2 Å². The fourth-order valence-electron chi connectivity index (χ4n) is 2.29. The molecule has 1 N–H and O–H groups in total. The van der Waals surface area contributed by atoms with Gasteiger partial charge in [-0.1, -0.05) is 0 Å². The van der Waals surface area contributed by atoms with Crippen molar-refractivity contribution in [2.75, 3.05) is 20.2 Å². The molecule has 1 fully saturated rings. The Morgan fingerprint density at radius 3 is 2.71 bits per heavy atom. The Morgan fingerprint density at radius 1 is 1.38 bits per heavy atom. The summed E-state index contributed by atoms with van der Waals surface area (Å²) in [4.78, 5) is 13.3. The lowest BCUT2D eigenvalue weighted by Crippen LogP contribution is -2.37. The first-order valence-electron chi connectivity index (χ1n) is 6.65. The zero-order valence-electron chi connectivity index (χ0n) is 11.5. The molecule has 0 aliphatic carbocycles. The first-order chi connectivity index (χ1) is 9.91. The Balaban J connectivity index is 2.15. The molecule has 0 aromatic heterocycles. The van der Waals surface area contributed by atoms with Gasteiger partial charge >= 0.3 is 0 Å². The van der Waals surface area contributed by atoms with E-state index in [1.807, 2.05) is 0 Å². The zero-order valence-corrected chi connectivity index (χ0v) is 11.5. The van der Waals surface area contributed by atoms with E-state index in [2.05, 4.69) is 0 Å². The molecule has 0 spiro atoms. The lowest BCUT2D eigenvalue weighted by molar-refractivity contribution is -0.000291. The van der Waals surface area contributed by atoms with Crippen molar-refractivity contribution in [3.05, 3.63) is 29.1 Å². The van der Waals surface area contributed by atoms with E-state index in [1.54, 1.807) is 0 Å². The second-order valence-electron chi connectivity index (χ2n) is 5.06. The maximum absolute atomic E-state index is 13.7. The van der Waals surface area contributed by atoms with E-state index < -0.39 is 34.7 Å². The number of likely N-dealkylation sites (N-methyl/N-ethyl adjacent to an activating group) is 1. The fraction of sp³-hybridized carbons (Fsp3) is 0.500. The summed E-state index contributed by atoms with van der Waals surface area (Å²) in [6, 6.07) is 0.449. The van der Waals surface area contributed by atoms with Crippen LogP contribution in [0.15, 0.2) is 6.07 Å². The van der Waals surface area contributed by atoms with Crippen molar-refractivity contribution in [2.24, 2.45) is 0 Å². The summed E-state index contributed by atoms with van der Waals surface area (Å²) in [5.74, 6) is -6.96. The summed E-state index contributed by atoms with van der Waals surface area (Å²) in [7, 11) is 1.41. The Bertz CT molecular complexity index is 545. The molecule has 116 valence electrons. The van der Waals surface area contributed by atoms with Gasteiger partial charge in [-0.15, -0.1) is 0 Å². The predicted molar refractivity (Wildman–Crippen MR) is 68.5 cm³/mol. The number of carbonyl (C=O) groups excluding carboxylic acids is 1. The van der Waals surface area contributed by atoms with Gasteiger partial charge in [-0.3, -0.25) is 4.79 Å². The van der Waals surface area contributed by atoms with Crippen molar-refractivity contribution in [1.29, 1.82) is 0 Å². The maximum atomic E-state index is 13.7. The summed E-state index contributed by atoms with van der Waals surface area (Å²) in [5.41, 5.74) is -0.704. The quantitative estimate of drug-likeness (QED) is 0.873. The highest BCUT2D eigenvalue weighted by Crippen LogP contribution is 2.26. The number of rotatable bonds is 3. The van der Waals surface area contributed by atoms with Crippen LogP contribution in [0, 0.1) is 17.5 Å². The van der Waals surface area contributed by atoms with Gasteiger partial charge in [0.15, 0.2) is 17.4 Å². The molecule has 1 heterocycles. The lowest BCUT2D eigenvalue weighted by atomic mass is 10.1. The van der Waals surface area contributed by atoms with Crippen molar-refractivity contribution in [2.45, 2.75) is 25.4 Å². The van der Waals surface area contributed by atoms with Crippen molar-refractivity contribution in [3.63, 3.8) is 0 Å². The van der Waals surface area contributed by atoms with Crippen molar-refractivity contribution in [3.8, 4) is 5.75 Å². The largest absolute Gasteiger partial charge is 0.503 e. The monoisotopic (exact) mass is 303 g/mol. The van der Waals surface area contributed by atoms with Gasteiger partial charge in [-0.2, -0.15) is 4.39 Å². The van der Waals surface area contributed by atoms with Gasteiger partial charge in [-0.25, -0.2) is 8.78 Å². The lowest BCUT2D eigenvalue weighted by Gasteiger charge is -2.27. The highest BCUT2D eigenvalue weighted by molar-refractivity contribution is 5.94.